The molecule has 0 unspecified atom stereocenters. The summed E-state index contributed by atoms with van der Waals surface area (Å²) in [7, 11) is 1.57. The summed E-state index contributed by atoms with van der Waals surface area (Å²) in [5.41, 5.74) is 1.54. The lowest BCUT2D eigenvalue weighted by atomic mass is 9.96. The van der Waals surface area contributed by atoms with Crippen molar-refractivity contribution in [2.75, 3.05) is 18.6 Å². The Labute approximate surface area is 152 Å². The van der Waals surface area contributed by atoms with Gasteiger partial charge >= 0.3 is 5.97 Å². The molecule has 3 rings (SSSR count). The first-order chi connectivity index (χ1) is 12.7. The number of amides is 1. The number of anilines is 1. The third-order valence-corrected chi connectivity index (χ3v) is 4.20. The second-order valence-corrected chi connectivity index (χ2v) is 5.82. The van der Waals surface area contributed by atoms with Gasteiger partial charge in [0.15, 0.2) is 12.1 Å². The maximum absolute atomic E-state index is 12.6. The third kappa shape index (κ3) is 3.55. The maximum atomic E-state index is 12.6. The molecule has 1 heterocycles. The highest BCUT2D eigenvalue weighted by Crippen LogP contribution is 2.32. The van der Waals surface area contributed by atoms with Gasteiger partial charge in [0.1, 0.15) is 5.75 Å². The minimum absolute atomic E-state index is 0.241. The van der Waals surface area contributed by atoms with E-state index in [0.29, 0.717) is 11.4 Å². The van der Waals surface area contributed by atoms with E-state index in [9.17, 15) is 9.59 Å². The van der Waals surface area contributed by atoms with Crippen molar-refractivity contribution in [3.63, 3.8) is 0 Å². The van der Waals surface area contributed by atoms with Crippen molar-refractivity contribution in [1.29, 1.82) is 0 Å². The quantitative estimate of drug-likeness (QED) is 0.564. The highest BCUT2D eigenvalue weighted by Gasteiger charge is 2.54. The minimum atomic E-state index is -0.851. The number of hydrogen-bond donors (Lipinski definition) is 0. The number of benzene rings is 2. The number of hydrogen-bond acceptors (Lipinski definition) is 5. The first kappa shape index (κ1) is 17.9. The zero-order valence-corrected chi connectivity index (χ0v) is 14.8. The van der Waals surface area contributed by atoms with Crippen LogP contribution in [-0.2, 0) is 25.7 Å². The molecule has 0 N–H and O–H groups in total. The number of β-lactam (4-membered cyclic amide) rings is 1. The van der Waals surface area contributed by atoms with Gasteiger partial charge in [-0.2, -0.15) is 0 Å². The number of esters is 1. The van der Waals surface area contributed by atoms with E-state index in [-0.39, 0.29) is 19.1 Å². The molecule has 0 aliphatic carbocycles. The van der Waals surface area contributed by atoms with Gasteiger partial charge in [-0.3, -0.25) is 9.69 Å². The molecule has 6 nitrogen and oxygen atoms in total. The van der Waals surface area contributed by atoms with Crippen LogP contribution < -0.4 is 9.64 Å². The monoisotopic (exact) mass is 355 g/mol. The number of carbonyl (C=O) groups excluding carboxylic acids is 2. The minimum Gasteiger partial charge on any atom is -0.497 e. The topological polar surface area (TPSA) is 65.1 Å². The van der Waals surface area contributed by atoms with Gasteiger partial charge in [-0.1, -0.05) is 30.3 Å². The summed E-state index contributed by atoms with van der Waals surface area (Å²) in [5, 5.41) is 0. The Kier molecular flexibility index (Phi) is 5.53. The summed E-state index contributed by atoms with van der Waals surface area (Å²) >= 11 is 0. The summed E-state index contributed by atoms with van der Waals surface area (Å²) in [5.74, 6) is -0.0589. The fourth-order valence-corrected chi connectivity index (χ4v) is 2.87. The van der Waals surface area contributed by atoms with Gasteiger partial charge in [0.2, 0.25) is 0 Å². The van der Waals surface area contributed by atoms with Crippen LogP contribution in [0.15, 0.2) is 54.6 Å². The molecule has 0 aromatic heterocycles. The van der Waals surface area contributed by atoms with Crippen LogP contribution in [0.3, 0.4) is 0 Å². The summed E-state index contributed by atoms with van der Waals surface area (Å²) < 4.78 is 16.0. The SMILES string of the molecule is CCOC(=O)[C@@H]1[C@H](OCc2ccccc2)C(=O)N1c1ccc(OC)cc1. The van der Waals surface area contributed by atoms with Gasteiger partial charge in [-0.15, -0.1) is 0 Å². The van der Waals surface area contributed by atoms with Crippen LogP contribution in [0.5, 0.6) is 5.75 Å². The van der Waals surface area contributed by atoms with Crippen molar-refractivity contribution in [3.05, 3.63) is 60.2 Å². The van der Waals surface area contributed by atoms with E-state index >= 15 is 0 Å². The lowest BCUT2D eigenvalue weighted by Gasteiger charge is -2.44. The van der Waals surface area contributed by atoms with Crippen LogP contribution >= 0.6 is 0 Å². The lowest BCUT2D eigenvalue weighted by molar-refractivity contribution is -0.162. The summed E-state index contributed by atoms with van der Waals surface area (Å²) in [6.07, 6.45) is -0.851. The molecule has 1 amide bonds. The predicted molar refractivity (Wildman–Crippen MR) is 95.9 cm³/mol. The number of rotatable bonds is 7. The molecule has 2 aromatic carbocycles. The average Bonchev–Trinajstić information content (AvgIpc) is 2.67. The Bertz CT molecular complexity index is 760. The fourth-order valence-electron chi connectivity index (χ4n) is 2.87. The molecule has 2 aromatic rings. The van der Waals surface area contributed by atoms with E-state index < -0.39 is 18.1 Å². The Morgan fingerprint density at radius 1 is 1.08 bits per heavy atom. The smallest absolute Gasteiger partial charge is 0.332 e. The van der Waals surface area contributed by atoms with Gasteiger partial charge in [-0.05, 0) is 36.8 Å². The van der Waals surface area contributed by atoms with Crippen molar-refractivity contribution in [3.8, 4) is 5.75 Å². The van der Waals surface area contributed by atoms with Crippen molar-refractivity contribution in [2.24, 2.45) is 0 Å². The number of ether oxygens (including phenoxy) is 3. The molecular formula is C20H21NO5. The first-order valence-corrected chi connectivity index (χ1v) is 8.45. The second-order valence-electron chi connectivity index (χ2n) is 5.82. The average molecular weight is 355 g/mol. The molecule has 2 atom stereocenters. The van der Waals surface area contributed by atoms with Gasteiger partial charge in [-0.25, -0.2) is 4.79 Å². The molecule has 136 valence electrons. The molecule has 1 fully saturated rings. The molecule has 0 saturated carbocycles. The van der Waals surface area contributed by atoms with Crippen LogP contribution in [0.2, 0.25) is 0 Å². The number of carbonyl (C=O) groups is 2. The fraction of sp³-hybridized carbons (Fsp3) is 0.300. The highest BCUT2D eigenvalue weighted by atomic mass is 16.5. The zero-order chi connectivity index (χ0) is 18.5. The second kappa shape index (κ2) is 8.01. The Morgan fingerprint density at radius 3 is 2.38 bits per heavy atom. The third-order valence-electron chi connectivity index (χ3n) is 4.20. The normalized spacial score (nSPS) is 19.0. The first-order valence-electron chi connectivity index (χ1n) is 8.45. The van der Waals surface area contributed by atoms with Gasteiger partial charge in [0, 0.05) is 5.69 Å². The van der Waals surface area contributed by atoms with Crippen LogP contribution in [0.25, 0.3) is 0 Å². The van der Waals surface area contributed by atoms with Crippen molar-refractivity contribution >= 4 is 17.6 Å². The van der Waals surface area contributed by atoms with Crippen LogP contribution in [0.4, 0.5) is 5.69 Å². The Hall–Kier alpha value is -2.86. The standard InChI is InChI=1S/C20H21NO5/c1-3-25-20(23)17-18(26-13-14-7-5-4-6-8-14)19(22)21(17)15-9-11-16(24-2)12-10-15/h4-12,17-18H,3,13H2,1-2H3/t17-,18-/m0/s1. The van der Waals surface area contributed by atoms with E-state index in [0.717, 1.165) is 5.56 Å². The van der Waals surface area contributed by atoms with E-state index in [1.165, 1.54) is 4.90 Å². The Balaban J connectivity index is 1.76. The molecule has 0 radical (unpaired) electrons. The van der Waals surface area contributed by atoms with Gasteiger partial charge in [0.25, 0.3) is 5.91 Å². The predicted octanol–water partition coefficient (Wildman–Crippen LogP) is 2.56. The molecular weight excluding hydrogens is 334 g/mol. The molecule has 1 saturated heterocycles. The molecule has 1 aliphatic heterocycles. The number of nitrogens with zero attached hydrogens (tertiary/aromatic N) is 1. The van der Waals surface area contributed by atoms with Crippen molar-refractivity contribution in [1.82, 2.24) is 0 Å². The van der Waals surface area contributed by atoms with E-state index in [2.05, 4.69) is 0 Å². The molecule has 6 heteroatoms. The molecule has 26 heavy (non-hydrogen) atoms. The number of methoxy groups -OCH3 is 1. The lowest BCUT2D eigenvalue weighted by Crippen LogP contribution is -2.69. The summed E-state index contributed by atoms with van der Waals surface area (Å²) in [6.45, 7) is 2.23. The molecule has 0 bridgehead atoms. The van der Waals surface area contributed by atoms with Gasteiger partial charge in [0.05, 0.1) is 20.3 Å². The van der Waals surface area contributed by atoms with E-state index in [4.69, 9.17) is 14.2 Å². The summed E-state index contributed by atoms with van der Waals surface area (Å²) in [6, 6.07) is 15.7. The zero-order valence-electron chi connectivity index (χ0n) is 14.8. The summed E-state index contributed by atoms with van der Waals surface area (Å²) in [4.78, 5) is 26.4. The van der Waals surface area contributed by atoms with Crippen molar-refractivity contribution in [2.45, 2.75) is 25.7 Å². The molecule has 0 spiro atoms. The molecule has 1 aliphatic rings. The van der Waals surface area contributed by atoms with Crippen LogP contribution in [0, 0.1) is 0 Å². The highest BCUT2D eigenvalue weighted by molar-refractivity contribution is 6.12. The van der Waals surface area contributed by atoms with Crippen LogP contribution in [0.1, 0.15) is 12.5 Å². The maximum Gasteiger partial charge on any atom is 0.332 e. The van der Waals surface area contributed by atoms with Crippen molar-refractivity contribution < 1.29 is 23.8 Å². The van der Waals surface area contributed by atoms with Gasteiger partial charge < -0.3 is 14.2 Å². The van der Waals surface area contributed by atoms with E-state index in [1.54, 1.807) is 38.3 Å². The van der Waals surface area contributed by atoms with Crippen LogP contribution in [-0.4, -0.2) is 37.7 Å². The van der Waals surface area contributed by atoms with E-state index in [1.807, 2.05) is 30.3 Å². The Morgan fingerprint density at radius 2 is 1.77 bits per heavy atom. The largest absolute Gasteiger partial charge is 0.497 e.